The van der Waals surface area contributed by atoms with Crippen molar-refractivity contribution >= 4 is 5.91 Å². The zero-order valence-corrected chi connectivity index (χ0v) is 13.6. The molecule has 1 N–H and O–H groups in total. The predicted octanol–water partition coefficient (Wildman–Crippen LogP) is 3.16. The van der Waals surface area contributed by atoms with Crippen LogP contribution in [0.2, 0.25) is 0 Å². The topological polar surface area (TPSA) is 45.5 Å². The lowest BCUT2D eigenvalue weighted by Crippen LogP contribution is -2.31. The second-order valence-electron chi connectivity index (χ2n) is 5.84. The van der Waals surface area contributed by atoms with Crippen molar-refractivity contribution in [2.24, 2.45) is 0 Å². The Balaban J connectivity index is 1.95. The monoisotopic (exact) mass is 318 g/mol. The summed E-state index contributed by atoms with van der Waals surface area (Å²) < 4.78 is 18.3. The summed E-state index contributed by atoms with van der Waals surface area (Å²) in [5, 5.41) is 3.04. The molecule has 5 heteroatoms. The Kier molecular flexibility index (Phi) is 6.35. The maximum absolute atomic E-state index is 13.1. The molecule has 1 aromatic heterocycles. The molecule has 2 rings (SSSR count). The molecule has 1 heterocycles. The lowest BCUT2D eigenvalue weighted by atomic mass is 10.0. The summed E-state index contributed by atoms with van der Waals surface area (Å²) in [5.74, 6) is 0.491. The molecule has 124 valence electrons. The Morgan fingerprint density at radius 3 is 2.61 bits per heavy atom. The fourth-order valence-electron chi connectivity index (χ4n) is 2.36. The van der Waals surface area contributed by atoms with Gasteiger partial charge in [0.1, 0.15) is 11.6 Å². The number of hydrogen-bond donors (Lipinski definition) is 1. The molecule has 2 aromatic rings. The summed E-state index contributed by atoms with van der Waals surface area (Å²) >= 11 is 0. The Morgan fingerprint density at radius 1 is 1.26 bits per heavy atom. The first-order valence-electron chi connectivity index (χ1n) is 7.76. The van der Waals surface area contributed by atoms with E-state index < -0.39 is 0 Å². The van der Waals surface area contributed by atoms with Gasteiger partial charge in [-0.1, -0.05) is 12.1 Å². The number of rotatable bonds is 8. The molecule has 0 spiro atoms. The zero-order valence-electron chi connectivity index (χ0n) is 13.6. The molecule has 0 bridgehead atoms. The van der Waals surface area contributed by atoms with Crippen LogP contribution >= 0.6 is 0 Å². The SMILES string of the molecule is CN(C)CCC(NC(=O)CCc1ccco1)c1ccc(F)cc1. The highest BCUT2D eigenvalue weighted by Gasteiger charge is 2.15. The summed E-state index contributed by atoms with van der Waals surface area (Å²) in [6.45, 7) is 0.834. The normalized spacial score (nSPS) is 12.3. The lowest BCUT2D eigenvalue weighted by Gasteiger charge is -2.21. The van der Waals surface area contributed by atoms with E-state index in [1.165, 1.54) is 12.1 Å². The largest absolute Gasteiger partial charge is 0.469 e. The van der Waals surface area contributed by atoms with E-state index in [4.69, 9.17) is 4.42 Å². The van der Waals surface area contributed by atoms with Gasteiger partial charge in [-0.05, 0) is 56.9 Å². The fourth-order valence-corrected chi connectivity index (χ4v) is 2.36. The number of aryl methyl sites for hydroxylation is 1. The van der Waals surface area contributed by atoms with Crippen molar-refractivity contribution < 1.29 is 13.6 Å². The summed E-state index contributed by atoms with van der Waals surface area (Å²) in [5.41, 5.74) is 0.916. The average molecular weight is 318 g/mol. The predicted molar refractivity (Wildman–Crippen MR) is 87.5 cm³/mol. The van der Waals surface area contributed by atoms with Gasteiger partial charge in [0.15, 0.2) is 0 Å². The van der Waals surface area contributed by atoms with Gasteiger partial charge < -0.3 is 14.6 Å². The van der Waals surface area contributed by atoms with Crippen LogP contribution in [0, 0.1) is 5.82 Å². The average Bonchev–Trinajstić information content (AvgIpc) is 3.03. The summed E-state index contributed by atoms with van der Waals surface area (Å²) in [7, 11) is 3.97. The number of benzene rings is 1. The quantitative estimate of drug-likeness (QED) is 0.813. The first-order chi connectivity index (χ1) is 11.0. The van der Waals surface area contributed by atoms with Crippen molar-refractivity contribution in [2.45, 2.75) is 25.3 Å². The molecule has 0 fully saturated rings. The van der Waals surface area contributed by atoms with E-state index in [0.717, 1.165) is 24.3 Å². The van der Waals surface area contributed by atoms with E-state index in [-0.39, 0.29) is 17.8 Å². The highest BCUT2D eigenvalue weighted by Crippen LogP contribution is 2.18. The van der Waals surface area contributed by atoms with E-state index in [0.29, 0.717) is 12.8 Å². The van der Waals surface area contributed by atoms with Gasteiger partial charge in [0.05, 0.1) is 12.3 Å². The first-order valence-corrected chi connectivity index (χ1v) is 7.76. The number of carbonyl (C=O) groups excluding carboxylic acids is 1. The standard InChI is InChI=1S/C18H23FN2O2/c1-21(2)12-11-17(14-5-7-15(19)8-6-14)20-18(22)10-9-16-4-3-13-23-16/h3-8,13,17H,9-12H2,1-2H3,(H,20,22). The van der Waals surface area contributed by atoms with Crippen LogP contribution in [0.5, 0.6) is 0 Å². The van der Waals surface area contributed by atoms with Crippen LogP contribution in [0.3, 0.4) is 0 Å². The van der Waals surface area contributed by atoms with Gasteiger partial charge >= 0.3 is 0 Å². The van der Waals surface area contributed by atoms with Gasteiger partial charge in [-0.25, -0.2) is 4.39 Å². The van der Waals surface area contributed by atoms with Crippen LogP contribution in [-0.2, 0) is 11.2 Å². The van der Waals surface area contributed by atoms with E-state index >= 15 is 0 Å². The summed E-state index contributed by atoms with van der Waals surface area (Å²) in [4.78, 5) is 14.3. The molecule has 0 saturated heterocycles. The van der Waals surface area contributed by atoms with Crippen molar-refractivity contribution in [1.29, 1.82) is 0 Å². The van der Waals surface area contributed by atoms with E-state index in [1.807, 2.05) is 26.2 Å². The zero-order chi connectivity index (χ0) is 16.7. The van der Waals surface area contributed by atoms with Crippen molar-refractivity contribution in [1.82, 2.24) is 10.2 Å². The Hall–Kier alpha value is -2.14. The molecular formula is C18H23FN2O2. The molecule has 0 saturated carbocycles. The molecule has 1 amide bonds. The maximum Gasteiger partial charge on any atom is 0.220 e. The molecule has 4 nitrogen and oxygen atoms in total. The third-order valence-electron chi connectivity index (χ3n) is 3.65. The van der Waals surface area contributed by atoms with Gasteiger partial charge in [-0.3, -0.25) is 4.79 Å². The van der Waals surface area contributed by atoms with Crippen molar-refractivity contribution in [3.8, 4) is 0 Å². The molecule has 23 heavy (non-hydrogen) atoms. The van der Waals surface area contributed by atoms with Crippen LogP contribution in [0.15, 0.2) is 47.1 Å². The van der Waals surface area contributed by atoms with Crippen molar-refractivity contribution in [2.75, 3.05) is 20.6 Å². The van der Waals surface area contributed by atoms with E-state index in [2.05, 4.69) is 10.2 Å². The number of nitrogens with zero attached hydrogens (tertiary/aromatic N) is 1. The smallest absolute Gasteiger partial charge is 0.220 e. The van der Waals surface area contributed by atoms with E-state index in [1.54, 1.807) is 18.4 Å². The molecule has 1 atom stereocenters. The van der Waals surface area contributed by atoms with Crippen molar-refractivity contribution in [3.63, 3.8) is 0 Å². The second-order valence-corrected chi connectivity index (χ2v) is 5.84. The van der Waals surface area contributed by atoms with Crippen LogP contribution in [-0.4, -0.2) is 31.4 Å². The molecule has 0 radical (unpaired) electrons. The third kappa shape index (κ3) is 5.87. The molecule has 1 aromatic carbocycles. The van der Waals surface area contributed by atoms with Crippen molar-refractivity contribution in [3.05, 3.63) is 59.8 Å². The van der Waals surface area contributed by atoms with Crippen LogP contribution in [0.1, 0.15) is 30.2 Å². The number of furan rings is 1. The molecule has 0 aliphatic heterocycles. The molecule has 1 unspecified atom stereocenters. The first kappa shape index (κ1) is 17.2. The van der Waals surface area contributed by atoms with Crippen LogP contribution < -0.4 is 5.32 Å². The van der Waals surface area contributed by atoms with E-state index in [9.17, 15) is 9.18 Å². The highest BCUT2D eigenvalue weighted by atomic mass is 19.1. The minimum Gasteiger partial charge on any atom is -0.469 e. The number of nitrogens with one attached hydrogen (secondary N) is 1. The number of halogens is 1. The Morgan fingerprint density at radius 2 is 2.00 bits per heavy atom. The third-order valence-corrected chi connectivity index (χ3v) is 3.65. The van der Waals surface area contributed by atoms with Crippen LogP contribution in [0.4, 0.5) is 4.39 Å². The molecule has 0 aliphatic rings. The minimum absolute atomic E-state index is 0.0329. The van der Waals surface area contributed by atoms with Gasteiger partial charge in [-0.2, -0.15) is 0 Å². The fraction of sp³-hybridized carbons (Fsp3) is 0.389. The maximum atomic E-state index is 13.1. The molecular weight excluding hydrogens is 295 g/mol. The minimum atomic E-state index is -0.274. The Bertz CT molecular complexity index is 594. The second kappa shape index (κ2) is 8.48. The number of hydrogen-bond acceptors (Lipinski definition) is 3. The number of amides is 1. The lowest BCUT2D eigenvalue weighted by molar-refractivity contribution is -0.121. The number of carbonyl (C=O) groups is 1. The summed E-state index contributed by atoms with van der Waals surface area (Å²) in [6, 6.07) is 9.84. The summed E-state index contributed by atoms with van der Waals surface area (Å²) in [6.07, 6.45) is 3.31. The van der Waals surface area contributed by atoms with Crippen LogP contribution in [0.25, 0.3) is 0 Å². The molecule has 0 aliphatic carbocycles. The van der Waals surface area contributed by atoms with Gasteiger partial charge in [0.2, 0.25) is 5.91 Å². The van der Waals surface area contributed by atoms with Gasteiger partial charge in [-0.15, -0.1) is 0 Å². The highest BCUT2D eigenvalue weighted by molar-refractivity contribution is 5.76. The van der Waals surface area contributed by atoms with Gasteiger partial charge in [0, 0.05) is 12.8 Å². The Labute approximate surface area is 136 Å². The van der Waals surface area contributed by atoms with Gasteiger partial charge in [0.25, 0.3) is 0 Å².